The van der Waals surface area contributed by atoms with E-state index in [4.69, 9.17) is 0 Å². The van der Waals surface area contributed by atoms with Crippen LogP contribution in [0.5, 0.6) is 0 Å². The summed E-state index contributed by atoms with van der Waals surface area (Å²) in [7, 11) is 4.07. The molecule has 0 aliphatic heterocycles. The van der Waals surface area contributed by atoms with Crippen LogP contribution in [-0.2, 0) is 6.54 Å². The maximum Gasteiger partial charge on any atom is 0.186 e. The topological polar surface area (TPSA) is 20.3 Å². The fourth-order valence-electron chi connectivity index (χ4n) is 2.10. The minimum Gasteiger partial charge on any atom is -0.305 e. The molecule has 0 amide bonds. The number of nitrogens with zero attached hydrogens (tertiary/aromatic N) is 1. The molecule has 0 bridgehead atoms. The molecule has 0 aromatic heterocycles. The summed E-state index contributed by atoms with van der Waals surface area (Å²) in [5, 5.41) is 0. The van der Waals surface area contributed by atoms with Crippen molar-refractivity contribution in [3.8, 4) is 0 Å². The molecule has 0 aliphatic carbocycles. The van der Waals surface area contributed by atoms with E-state index in [1.807, 2.05) is 62.6 Å². The minimum atomic E-state index is 0.00197. The quantitative estimate of drug-likeness (QED) is 0.592. The molecule has 2 rings (SSSR count). The molecule has 0 heterocycles. The Bertz CT molecular complexity index is 662. The SMILES string of the molecule is CN(C)Cc1ccccc1C=CC(=O)c1ccccc1Br. The molecule has 3 heteroatoms. The van der Waals surface area contributed by atoms with Crippen LogP contribution in [-0.4, -0.2) is 24.8 Å². The first-order chi connectivity index (χ1) is 10.1. The van der Waals surface area contributed by atoms with Crippen LogP contribution < -0.4 is 0 Å². The van der Waals surface area contributed by atoms with Gasteiger partial charge in [0.25, 0.3) is 0 Å². The molecule has 0 fully saturated rings. The Morgan fingerprint density at radius 2 is 1.76 bits per heavy atom. The lowest BCUT2D eigenvalue weighted by Crippen LogP contribution is -2.11. The summed E-state index contributed by atoms with van der Waals surface area (Å²) < 4.78 is 0.821. The summed E-state index contributed by atoms with van der Waals surface area (Å²) in [6.07, 6.45) is 3.52. The van der Waals surface area contributed by atoms with Gasteiger partial charge in [-0.2, -0.15) is 0 Å². The van der Waals surface area contributed by atoms with E-state index in [1.54, 1.807) is 6.08 Å². The normalized spacial score (nSPS) is 11.2. The van der Waals surface area contributed by atoms with E-state index in [0.717, 1.165) is 16.6 Å². The Hall–Kier alpha value is -1.71. The molecule has 0 unspecified atom stereocenters. The lowest BCUT2D eigenvalue weighted by Gasteiger charge is -2.12. The predicted molar refractivity (Wildman–Crippen MR) is 91.3 cm³/mol. The van der Waals surface area contributed by atoms with E-state index in [2.05, 4.69) is 26.9 Å². The first-order valence-corrected chi connectivity index (χ1v) is 7.57. The van der Waals surface area contributed by atoms with Crippen LogP contribution in [0.4, 0.5) is 0 Å². The molecule has 21 heavy (non-hydrogen) atoms. The lowest BCUT2D eigenvalue weighted by atomic mass is 10.0. The van der Waals surface area contributed by atoms with Crippen molar-refractivity contribution in [2.45, 2.75) is 6.54 Å². The van der Waals surface area contributed by atoms with Gasteiger partial charge in [-0.15, -0.1) is 0 Å². The molecule has 0 N–H and O–H groups in total. The van der Waals surface area contributed by atoms with Crippen molar-refractivity contribution in [2.24, 2.45) is 0 Å². The molecule has 108 valence electrons. The van der Waals surface area contributed by atoms with Gasteiger partial charge < -0.3 is 4.90 Å². The second-order valence-corrected chi connectivity index (χ2v) is 5.97. The van der Waals surface area contributed by atoms with E-state index in [-0.39, 0.29) is 5.78 Å². The van der Waals surface area contributed by atoms with Gasteiger partial charge in [-0.1, -0.05) is 58.4 Å². The molecule has 0 radical (unpaired) electrons. The number of rotatable bonds is 5. The standard InChI is InChI=1S/C18H18BrNO/c1-20(2)13-15-8-4-3-7-14(15)11-12-18(21)16-9-5-6-10-17(16)19/h3-12H,13H2,1-2H3. The number of carbonyl (C=O) groups is 1. The van der Waals surface area contributed by atoms with Crippen LogP contribution in [0.15, 0.2) is 59.1 Å². The zero-order chi connectivity index (χ0) is 15.2. The third-order valence-electron chi connectivity index (χ3n) is 3.10. The summed E-state index contributed by atoms with van der Waals surface area (Å²) in [5.41, 5.74) is 2.96. The van der Waals surface area contributed by atoms with Crippen LogP contribution in [0.25, 0.3) is 6.08 Å². The van der Waals surface area contributed by atoms with Crippen LogP contribution in [0.2, 0.25) is 0 Å². The van der Waals surface area contributed by atoms with Gasteiger partial charge >= 0.3 is 0 Å². The number of allylic oxidation sites excluding steroid dienone is 1. The van der Waals surface area contributed by atoms with Crippen molar-refractivity contribution in [3.63, 3.8) is 0 Å². The first kappa shape index (κ1) is 15.7. The molecular formula is C18H18BrNO. The first-order valence-electron chi connectivity index (χ1n) is 6.77. The molecule has 2 nitrogen and oxygen atoms in total. The van der Waals surface area contributed by atoms with Gasteiger partial charge in [-0.05, 0) is 43.4 Å². The largest absolute Gasteiger partial charge is 0.305 e. The average Bonchev–Trinajstić information content (AvgIpc) is 2.46. The van der Waals surface area contributed by atoms with Gasteiger partial charge in [-0.3, -0.25) is 4.79 Å². The van der Waals surface area contributed by atoms with Gasteiger partial charge in [0.2, 0.25) is 0 Å². The molecule has 2 aromatic rings. The van der Waals surface area contributed by atoms with Crippen molar-refractivity contribution >= 4 is 27.8 Å². The minimum absolute atomic E-state index is 0.00197. The average molecular weight is 344 g/mol. The van der Waals surface area contributed by atoms with E-state index in [0.29, 0.717) is 5.56 Å². The highest BCUT2D eigenvalue weighted by Crippen LogP contribution is 2.18. The van der Waals surface area contributed by atoms with Crippen LogP contribution in [0, 0.1) is 0 Å². The van der Waals surface area contributed by atoms with Gasteiger partial charge in [0.1, 0.15) is 0 Å². The van der Waals surface area contributed by atoms with Gasteiger partial charge in [0.15, 0.2) is 5.78 Å². The van der Waals surface area contributed by atoms with Crippen LogP contribution >= 0.6 is 15.9 Å². The van der Waals surface area contributed by atoms with E-state index in [1.165, 1.54) is 5.56 Å². The maximum atomic E-state index is 12.2. The fraction of sp³-hybridized carbons (Fsp3) is 0.167. The highest BCUT2D eigenvalue weighted by molar-refractivity contribution is 9.10. The second kappa shape index (κ2) is 7.34. The van der Waals surface area contributed by atoms with E-state index < -0.39 is 0 Å². The zero-order valence-corrected chi connectivity index (χ0v) is 13.8. The molecule has 2 aromatic carbocycles. The number of halogens is 1. The molecule has 0 aliphatic rings. The summed E-state index contributed by atoms with van der Waals surface area (Å²) in [6, 6.07) is 15.6. The highest BCUT2D eigenvalue weighted by atomic mass is 79.9. The van der Waals surface area contributed by atoms with Gasteiger partial charge in [-0.25, -0.2) is 0 Å². The Labute approximate surface area is 134 Å². The third kappa shape index (κ3) is 4.38. The molecule has 0 saturated heterocycles. The Morgan fingerprint density at radius 3 is 2.48 bits per heavy atom. The highest BCUT2D eigenvalue weighted by Gasteiger charge is 2.06. The lowest BCUT2D eigenvalue weighted by molar-refractivity contribution is 0.104. The Kier molecular flexibility index (Phi) is 5.48. The predicted octanol–water partition coefficient (Wildman–Crippen LogP) is 4.41. The van der Waals surface area contributed by atoms with Crippen LogP contribution in [0.3, 0.4) is 0 Å². The Balaban J connectivity index is 2.22. The maximum absolute atomic E-state index is 12.2. The van der Waals surface area contributed by atoms with E-state index in [9.17, 15) is 4.79 Å². The van der Waals surface area contributed by atoms with Crippen molar-refractivity contribution in [3.05, 3.63) is 75.8 Å². The van der Waals surface area contributed by atoms with E-state index >= 15 is 0 Å². The summed E-state index contributed by atoms with van der Waals surface area (Å²) >= 11 is 3.41. The van der Waals surface area contributed by atoms with Gasteiger partial charge in [0, 0.05) is 16.6 Å². The Morgan fingerprint density at radius 1 is 1.10 bits per heavy atom. The fourth-order valence-corrected chi connectivity index (χ4v) is 2.58. The number of carbonyl (C=O) groups excluding carboxylic acids is 1. The van der Waals surface area contributed by atoms with Gasteiger partial charge in [0.05, 0.1) is 0 Å². The zero-order valence-electron chi connectivity index (χ0n) is 12.2. The second-order valence-electron chi connectivity index (χ2n) is 5.11. The number of hydrogen-bond acceptors (Lipinski definition) is 2. The molecule has 0 saturated carbocycles. The van der Waals surface area contributed by atoms with Crippen molar-refractivity contribution < 1.29 is 4.79 Å². The number of ketones is 1. The summed E-state index contributed by atoms with van der Waals surface area (Å²) in [5.74, 6) is 0.00197. The smallest absolute Gasteiger partial charge is 0.186 e. The molecular weight excluding hydrogens is 326 g/mol. The van der Waals surface area contributed by atoms with Crippen molar-refractivity contribution in [1.29, 1.82) is 0 Å². The monoisotopic (exact) mass is 343 g/mol. The van der Waals surface area contributed by atoms with Crippen molar-refractivity contribution in [1.82, 2.24) is 4.90 Å². The number of benzene rings is 2. The number of hydrogen-bond donors (Lipinski definition) is 0. The molecule has 0 spiro atoms. The summed E-state index contributed by atoms with van der Waals surface area (Å²) in [4.78, 5) is 14.4. The molecule has 0 atom stereocenters. The van der Waals surface area contributed by atoms with Crippen LogP contribution in [0.1, 0.15) is 21.5 Å². The summed E-state index contributed by atoms with van der Waals surface area (Å²) in [6.45, 7) is 0.851. The third-order valence-corrected chi connectivity index (χ3v) is 3.79. The van der Waals surface area contributed by atoms with Crippen molar-refractivity contribution in [2.75, 3.05) is 14.1 Å².